The molecule has 25 heavy (non-hydrogen) atoms. The molecule has 0 spiro atoms. The third kappa shape index (κ3) is 9.43. The summed E-state index contributed by atoms with van der Waals surface area (Å²) in [6.45, 7) is 4.15. The van der Waals surface area contributed by atoms with Crippen molar-refractivity contribution in [1.29, 1.82) is 0 Å². The molecule has 0 heterocycles. The maximum atomic E-state index is 12.0. The Bertz CT molecular complexity index is 581. The molecule has 0 aliphatic carbocycles. The first-order chi connectivity index (χ1) is 11.5. The lowest BCUT2D eigenvalue weighted by atomic mass is 10.2. The fourth-order valence-electron chi connectivity index (χ4n) is 1.62. The van der Waals surface area contributed by atoms with E-state index in [-0.39, 0.29) is 24.4 Å². The van der Waals surface area contributed by atoms with Crippen LogP contribution in [0.2, 0.25) is 0 Å². The van der Waals surface area contributed by atoms with Gasteiger partial charge in [-0.25, -0.2) is 4.79 Å². The quantitative estimate of drug-likeness (QED) is 0.763. The molecule has 2 N–H and O–H groups in total. The van der Waals surface area contributed by atoms with Gasteiger partial charge in [-0.1, -0.05) is 0 Å². The predicted molar refractivity (Wildman–Crippen MR) is 84.6 cm³/mol. The maximum absolute atomic E-state index is 12.0. The van der Waals surface area contributed by atoms with Crippen LogP contribution in [0.4, 0.5) is 18.0 Å². The monoisotopic (exact) mass is 362 g/mol. The summed E-state index contributed by atoms with van der Waals surface area (Å²) >= 11 is 0. The van der Waals surface area contributed by atoms with Gasteiger partial charge in [0.15, 0.2) is 6.61 Å². The Morgan fingerprint density at radius 1 is 1.00 bits per heavy atom. The third-order valence-corrected chi connectivity index (χ3v) is 2.60. The number of carbonyl (C=O) groups is 2. The average molecular weight is 362 g/mol. The van der Waals surface area contributed by atoms with E-state index in [1.54, 1.807) is 20.8 Å². The molecular weight excluding hydrogens is 341 g/mol. The molecule has 1 aromatic carbocycles. The molecule has 2 amide bonds. The SMILES string of the molecule is CC(C)(C)OC(=O)NCCNC(=O)c1ccc(OCC(F)(F)F)cc1. The summed E-state index contributed by atoms with van der Waals surface area (Å²) in [7, 11) is 0. The number of carbonyl (C=O) groups excluding carboxylic acids is 2. The van der Waals surface area contributed by atoms with Crippen molar-refractivity contribution in [3.8, 4) is 5.75 Å². The molecular formula is C16H21F3N2O4. The number of benzene rings is 1. The van der Waals surface area contributed by atoms with E-state index in [4.69, 9.17) is 4.74 Å². The van der Waals surface area contributed by atoms with E-state index in [2.05, 4.69) is 15.4 Å². The Hall–Kier alpha value is -2.45. The fourth-order valence-corrected chi connectivity index (χ4v) is 1.62. The second kappa shape index (κ2) is 8.59. The molecule has 0 saturated carbocycles. The van der Waals surface area contributed by atoms with Crippen LogP contribution in [0.1, 0.15) is 31.1 Å². The van der Waals surface area contributed by atoms with Gasteiger partial charge < -0.3 is 20.1 Å². The smallest absolute Gasteiger partial charge is 0.422 e. The number of alkyl halides is 3. The highest BCUT2D eigenvalue weighted by Gasteiger charge is 2.28. The summed E-state index contributed by atoms with van der Waals surface area (Å²) in [6, 6.07) is 5.25. The van der Waals surface area contributed by atoms with Crippen LogP contribution in [0.25, 0.3) is 0 Å². The average Bonchev–Trinajstić information content (AvgIpc) is 2.47. The van der Waals surface area contributed by atoms with E-state index in [1.807, 2.05) is 0 Å². The highest BCUT2D eigenvalue weighted by atomic mass is 19.4. The largest absolute Gasteiger partial charge is 0.484 e. The first-order valence-corrected chi connectivity index (χ1v) is 7.51. The second-order valence-corrected chi connectivity index (χ2v) is 6.11. The first kappa shape index (κ1) is 20.6. The maximum Gasteiger partial charge on any atom is 0.422 e. The summed E-state index contributed by atoms with van der Waals surface area (Å²) < 4.78 is 45.7. The van der Waals surface area contributed by atoms with Crippen molar-refractivity contribution in [3.05, 3.63) is 29.8 Å². The molecule has 0 aliphatic rings. The van der Waals surface area contributed by atoms with E-state index >= 15 is 0 Å². The zero-order chi connectivity index (χ0) is 19.1. The van der Waals surface area contributed by atoms with Crippen molar-refractivity contribution in [1.82, 2.24) is 10.6 Å². The summed E-state index contributed by atoms with van der Waals surface area (Å²) in [5.41, 5.74) is -0.347. The summed E-state index contributed by atoms with van der Waals surface area (Å²) in [5, 5.41) is 5.05. The topological polar surface area (TPSA) is 76.7 Å². The van der Waals surface area contributed by atoms with Crippen LogP contribution in [0.5, 0.6) is 5.75 Å². The van der Waals surface area contributed by atoms with E-state index in [1.165, 1.54) is 24.3 Å². The number of ether oxygens (including phenoxy) is 2. The molecule has 0 radical (unpaired) electrons. The molecule has 9 heteroatoms. The van der Waals surface area contributed by atoms with Gasteiger partial charge in [-0.3, -0.25) is 4.79 Å². The van der Waals surface area contributed by atoms with Gasteiger partial charge in [0.2, 0.25) is 0 Å². The van der Waals surface area contributed by atoms with E-state index in [0.717, 1.165) is 0 Å². The summed E-state index contributed by atoms with van der Waals surface area (Å²) in [6.07, 6.45) is -5.01. The van der Waals surface area contributed by atoms with Crippen molar-refractivity contribution in [2.45, 2.75) is 32.5 Å². The highest BCUT2D eigenvalue weighted by molar-refractivity contribution is 5.94. The zero-order valence-corrected chi connectivity index (χ0v) is 14.2. The minimum absolute atomic E-state index is 0.0143. The van der Waals surface area contributed by atoms with Gasteiger partial charge in [0.05, 0.1) is 0 Å². The van der Waals surface area contributed by atoms with Gasteiger partial charge in [-0.2, -0.15) is 13.2 Å². The molecule has 140 valence electrons. The third-order valence-electron chi connectivity index (χ3n) is 2.60. The van der Waals surface area contributed by atoms with Crippen LogP contribution >= 0.6 is 0 Å². The predicted octanol–water partition coefficient (Wildman–Crippen LogP) is 2.88. The van der Waals surface area contributed by atoms with E-state index < -0.39 is 30.4 Å². The van der Waals surface area contributed by atoms with E-state index in [0.29, 0.717) is 0 Å². The molecule has 1 rings (SSSR count). The second-order valence-electron chi connectivity index (χ2n) is 6.11. The van der Waals surface area contributed by atoms with Crippen LogP contribution < -0.4 is 15.4 Å². The van der Waals surface area contributed by atoms with Gasteiger partial charge in [0, 0.05) is 18.7 Å². The minimum Gasteiger partial charge on any atom is -0.484 e. The van der Waals surface area contributed by atoms with Crippen LogP contribution in [0, 0.1) is 0 Å². The lowest BCUT2D eigenvalue weighted by Crippen LogP contribution is -2.37. The number of amides is 2. The van der Waals surface area contributed by atoms with Crippen LogP contribution in [-0.2, 0) is 4.74 Å². The van der Waals surface area contributed by atoms with Crippen molar-refractivity contribution in [3.63, 3.8) is 0 Å². The molecule has 0 aliphatic heterocycles. The number of halogens is 3. The molecule has 0 unspecified atom stereocenters. The minimum atomic E-state index is -4.42. The number of rotatable bonds is 6. The normalized spacial score (nSPS) is 11.6. The molecule has 0 aromatic heterocycles. The van der Waals surface area contributed by atoms with Crippen molar-refractivity contribution in [2.75, 3.05) is 19.7 Å². The molecule has 0 bridgehead atoms. The van der Waals surface area contributed by atoms with Crippen LogP contribution in [0.3, 0.4) is 0 Å². The molecule has 0 fully saturated rings. The van der Waals surface area contributed by atoms with Gasteiger partial charge in [-0.15, -0.1) is 0 Å². The zero-order valence-electron chi connectivity index (χ0n) is 14.2. The summed E-state index contributed by atoms with van der Waals surface area (Å²) in [4.78, 5) is 23.3. The Balaban J connectivity index is 2.34. The lowest BCUT2D eigenvalue weighted by molar-refractivity contribution is -0.153. The van der Waals surface area contributed by atoms with Gasteiger partial charge in [0.25, 0.3) is 5.91 Å². The Morgan fingerprint density at radius 2 is 1.56 bits per heavy atom. The number of hydrogen-bond donors (Lipinski definition) is 2. The molecule has 0 saturated heterocycles. The lowest BCUT2D eigenvalue weighted by Gasteiger charge is -2.19. The van der Waals surface area contributed by atoms with Crippen molar-refractivity contribution < 1.29 is 32.2 Å². The number of hydrogen-bond acceptors (Lipinski definition) is 4. The number of nitrogens with one attached hydrogen (secondary N) is 2. The van der Waals surface area contributed by atoms with Crippen LogP contribution in [-0.4, -0.2) is 43.5 Å². The van der Waals surface area contributed by atoms with Gasteiger partial charge >= 0.3 is 12.3 Å². The molecule has 6 nitrogen and oxygen atoms in total. The van der Waals surface area contributed by atoms with Crippen LogP contribution in [0.15, 0.2) is 24.3 Å². The van der Waals surface area contributed by atoms with E-state index in [9.17, 15) is 22.8 Å². The Kier molecular flexibility index (Phi) is 7.08. The molecule has 1 aromatic rings. The fraction of sp³-hybridized carbons (Fsp3) is 0.500. The Morgan fingerprint density at radius 3 is 2.08 bits per heavy atom. The Labute approximate surface area is 143 Å². The van der Waals surface area contributed by atoms with Gasteiger partial charge in [0.1, 0.15) is 11.4 Å². The standard InChI is InChI=1S/C16H21F3N2O4/c1-15(2,3)25-14(23)21-9-8-20-13(22)11-4-6-12(7-5-11)24-10-16(17,18)19/h4-7H,8-10H2,1-3H3,(H,20,22)(H,21,23). The van der Waals surface area contributed by atoms with Gasteiger partial charge in [-0.05, 0) is 45.0 Å². The van der Waals surface area contributed by atoms with Crippen molar-refractivity contribution in [2.24, 2.45) is 0 Å². The van der Waals surface area contributed by atoms with Crippen molar-refractivity contribution >= 4 is 12.0 Å². The number of alkyl carbamates (subject to hydrolysis) is 1. The summed E-state index contributed by atoms with van der Waals surface area (Å²) in [5.74, 6) is -0.408. The first-order valence-electron chi connectivity index (χ1n) is 7.51. The highest BCUT2D eigenvalue weighted by Crippen LogP contribution is 2.18. The molecule has 0 atom stereocenters.